The van der Waals surface area contributed by atoms with Crippen LogP contribution >= 0.6 is 0 Å². The van der Waals surface area contributed by atoms with Crippen molar-refractivity contribution in [2.75, 3.05) is 0 Å². The molecule has 114 valence electrons. The molecular weight excluding hydrogens is 259 g/mol. The number of hydrogen-bond donors (Lipinski definition) is 0. The highest BCUT2D eigenvalue weighted by molar-refractivity contribution is 6.62. The molecule has 1 aromatic rings. The average Bonchev–Trinajstić information content (AvgIpc) is 2.65. The van der Waals surface area contributed by atoms with Gasteiger partial charge in [-0.15, -0.1) is 0 Å². The third-order valence-electron chi connectivity index (χ3n) is 4.74. The van der Waals surface area contributed by atoms with E-state index in [1.807, 2.05) is 0 Å². The normalized spacial score (nSPS) is 19.6. The van der Waals surface area contributed by atoms with Crippen LogP contribution < -0.4 is 5.46 Å². The maximum Gasteiger partial charge on any atom is 0.494 e. The van der Waals surface area contributed by atoms with E-state index >= 15 is 0 Å². The van der Waals surface area contributed by atoms with E-state index in [4.69, 9.17) is 9.31 Å². The Bertz CT molecular complexity index is 493. The fourth-order valence-corrected chi connectivity index (χ4v) is 2.42. The molecule has 21 heavy (non-hydrogen) atoms. The maximum absolute atomic E-state index is 6.08. The van der Waals surface area contributed by atoms with Crippen LogP contribution in [0.3, 0.4) is 0 Å². The van der Waals surface area contributed by atoms with Crippen LogP contribution in [-0.4, -0.2) is 18.3 Å². The Morgan fingerprint density at radius 1 is 0.952 bits per heavy atom. The Kier molecular flexibility index (Phi) is 4.65. The summed E-state index contributed by atoms with van der Waals surface area (Å²) >= 11 is 0. The SMILES string of the molecule is CCC(=Cc1ccc(B2OC(C)(C)C(C)(C)O2)cc1)CC. The monoisotopic (exact) mass is 286 g/mol. The van der Waals surface area contributed by atoms with Gasteiger partial charge in [-0.05, 0) is 51.6 Å². The van der Waals surface area contributed by atoms with Gasteiger partial charge in [0.2, 0.25) is 0 Å². The lowest BCUT2D eigenvalue weighted by Gasteiger charge is -2.32. The number of benzene rings is 1. The summed E-state index contributed by atoms with van der Waals surface area (Å²) in [6.45, 7) is 12.7. The predicted molar refractivity (Wildman–Crippen MR) is 90.7 cm³/mol. The Balaban J connectivity index is 2.16. The highest BCUT2D eigenvalue weighted by Gasteiger charge is 2.51. The van der Waals surface area contributed by atoms with Crippen LogP contribution in [0.25, 0.3) is 6.08 Å². The Hall–Kier alpha value is -1.06. The van der Waals surface area contributed by atoms with E-state index in [2.05, 4.69) is 71.9 Å². The minimum atomic E-state index is -0.284. The first kappa shape index (κ1) is 16.3. The van der Waals surface area contributed by atoms with Crippen molar-refractivity contribution < 1.29 is 9.31 Å². The van der Waals surface area contributed by atoms with Crippen LogP contribution in [0.5, 0.6) is 0 Å². The van der Waals surface area contributed by atoms with Crippen molar-refractivity contribution in [2.24, 2.45) is 0 Å². The first-order chi connectivity index (χ1) is 9.79. The molecule has 1 aliphatic heterocycles. The lowest BCUT2D eigenvalue weighted by Crippen LogP contribution is -2.41. The van der Waals surface area contributed by atoms with Crippen LogP contribution in [0.1, 0.15) is 59.9 Å². The number of allylic oxidation sites excluding steroid dienone is 1. The average molecular weight is 286 g/mol. The van der Waals surface area contributed by atoms with E-state index in [9.17, 15) is 0 Å². The van der Waals surface area contributed by atoms with Crippen LogP contribution in [0.4, 0.5) is 0 Å². The molecule has 0 unspecified atom stereocenters. The zero-order valence-corrected chi connectivity index (χ0v) is 14.2. The molecule has 0 aliphatic carbocycles. The van der Waals surface area contributed by atoms with Crippen LogP contribution in [-0.2, 0) is 9.31 Å². The summed E-state index contributed by atoms with van der Waals surface area (Å²) in [5, 5.41) is 0. The molecule has 1 fully saturated rings. The summed E-state index contributed by atoms with van der Waals surface area (Å²) in [5.41, 5.74) is 3.23. The van der Waals surface area contributed by atoms with Crippen molar-refractivity contribution in [1.29, 1.82) is 0 Å². The Morgan fingerprint density at radius 3 is 1.86 bits per heavy atom. The van der Waals surface area contributed by atoms with E-state index in [1.165, 1.54) is 11.1 Å². The molecule has 2 rings (SSSR count). The van der Waals surface area contributed by atoms with Gasteiger partial charge in [0.1, 0.15) is 0 Å². The molecular formula is C18H27BO2. The van der Waals surface area contributed by atoms with Gasteiger partial charge >= 0.3 is 7.12 Å². The summed E-state index contributed by atoms with van der Waals surface area (Å²) < 4.78 is 12.2. The number of hydrogen-bond acceptors (Lipinski definition) is 2. The summed E-state index contributed by atoms with van der Waals surface area (Å²) in [6.07, 6.45) is 4.49. The van der Waals surface area contributed by atoms with E-state index in [0.29, 0.717) is 0 Å². The molecule has 3 heteroatoms. The molecule has 2 nitrogen and oxygen atoms in total. The quantitative estimate of drug-likeness (QED) is 0.773. The molecule has 0 radical (unpaired) electrons. The van der Waals surface area contributed by atoms with Gasteiger partial charge in [0.05, 0.1) is 11.2 Å². The topological polar surface area (TPSA) is 18.5 Å². The first-order valence-corrected chi connectivity index (χ1v) is 7.94. The zero-order valence-electron chi connectivity index (χ0n) is 14.2. The van der Waals surface area contributed by atoms with Gasteiger partial charge in [-0.1, -0.05) is 49.8 Å². The van der Waals surface area contributed by atoms with Gasteiger partial charge in [-0.3, -0.25) is 0 Å². The minimum Gasteiger partial charge on any atom is -0.399 e. The fraction of sp³-hybridized carbons (Fsp3) is 0.556. The largest absolute Gasteiger partial charge is 0.494 e. The van der Waals surface area contributed by atoms with Gasteiger partial charge in [0.25, 0.3) is 0 Å². The molecule has 0 aromatic heterocycles. The number of rotatable bonds is 4. The third-order valence-corrected chi connectivity index (χ3v) is 4.74. The van der Waals surface area contributed by atoms with Crippen LogP contribution in [0, 0.1) is 0 Å². The standard InChI is InChI=1S/C18H27BO2/c1-7-14(8-2)13-15-9-11-16(12-10-15)19-20-17(3,4)18(5,6)21-19/h9-13H,7-8H2,1-6H3. The summed E-state index contributed by atoms with van der Waals surface area (Å²) in [4.78, 5) is 0. The van der Waals surface area contributed by atoms with Crippen molar-refractivity contribution in [3.8, 4) is 0 Å². The summed E-state index contributed by atoms with van der Waals surface area (Å²) in [7, 11) is -0.273. The van der Waals surface area contributed by atoms with E-state index < -0.39 is 0 Å². The molecule has 1 aliphatic rings. The molecule has 1 heterocycles. The molecule has 0 bridgehead atoms. The molecule has 0 N–H and O–H groups in total. The smallest absolute Gasteiger partial charge is 0.399 e. The highest BCUT2D eigenvalue weighted by Crippen LogP contribution is 2.36. The zero-order chi connectivity index (χ0) is 15.7. The van der Waals surface area contributed by atoms with E-state index in [0.717, 1.165) is 18.3 Å². The summed E-state index contributed by atoms with van der Waals surface area (Å²) in [6, 6.07) is 8.51. The maximum atomic E-state index is 6.08. The second-order valence-electron chi connectivity index (χ2n) is 6.76. The summed E-state index contributed by atoms with van der Waals surface area (Å²) in [5.74, 6) is 0. The second-order valence-corrected chi connectivity index (χ2v) is 6.76. The molecule has 0 amide bonds. The predicted octanol–water partition coefficient (Wildman–Crippen LogP) is 4.19. The lowest BCUT2D eigenvalue weighted by atomic mass is 9.79. The van der Waals surface area contributed by atoms with Crippen LogP contribution in [0.2, 0.25) is 0 Å². The van der Waals surface area contributed by atoms with Gasteiger partial charge in [-0.2, -0.15) is 0 Å². The highest BCUT2D eigenvalue weighted by atomic mass is 16.7. The molecule has 0 saturated carbocycles. The van der Waals surface area contributed by atoms with Crippen molar-refractivity contribution in [3.05, 3.63) is 35.4 Å². The van der Waals surface area contributed by atoms with Gasteiger partial charge in [0, 0.05) is 0 Å². The minimum absolute atomic E-state index is 0.273. The first-order valence-electron chi connectivity index (χ1n) is 7.94. The molecule has 0 atom stereocenters. The van der Waals surface area contributed by atoms with Crippen molar-refractivity contribution in [2.45, 2.75) is 65.6 Å². The van der Waals surface area contributed by atoms with Gasteiger partial charge in [0.15, 0.2) is 0 Å². The van der Waals surface area contributed by atoms with Crippen molar-refractivity contribution in [3.63, 3.8) is 0 Å². The Morgan fingerprint density at radius 2 is 1.43 bits per heavy atom. The lowest BCUT2D eigenvalue weighted by molar-refractivity contribution is 0.00578. The van der Waals surface area contributed by atoms with Crippen molar-refractivity contribution >= 4 is 18.7 Å². The van der Waals surface area contributed by atoms with Crippen LogP contribution in [0.15, 0.2) is 29.8 Å². The van der Waals surface area contributed by atoms with E-state index in [1.54, 1.807) is 0 Å². The third kappa shape index (κ3) is 3.41. The molecule has 1 saturated heterocycles. The fourth-order valence-electron chi connectivity index (χ4n) is 2.42. The van der Waals surface area contributed by atoms with Crippen molar-refractivity contribution in [1.82, 2.24) is 0 Å². The second kappa shape index (κ2) is 5.98. The van der Waals surface area contributed by atoms with E-state index in [-0.39, 0.29) is 18.3 Å². The Labute approximate surface area is 129 Å². The van der Waals surface area contributed by atoms with Gasteiger partial charge < -0.3 is 9.31 Å². The molecule has 0 spiro atoms. The van der Waals surface area contributed by atoms with Gasteiger partial charge in [-0.25, -0.2) is 0 Å². The molecule has 1 aromatic carbocycles.